The summed E-state index contributed by atoms with van der Waals surface area (Å²) in [7, 11) is 0. The van der Waals surface area contributed by atoms with Crippen LogP contribution in [-0.4, -0.2) is 72.9 Å². The number of nitrogens with zero attached hydrogens (tertiary/aromatic N) is 5. The zero-order valence-electron chi connectivity index (χ0n) is 21.9. The molecule has 1 aromatic carbocycles. The van der Waals surface area contributed by atoms with Crippen molar-refractivity contribution in [3.63, 3.8) is 0 Å². The molecule has 9 heteroatoms. The van der Waals surface area contributed by atoms with E-state index in [1.54, 1.807) is 11.1 Å². The summed E-state index contributed by atoms with van der Waals surface area (Å²) in [5.41, 5.74) is 3.00. The van der Waals surface area contributed by atoms with Crippen molar-refractivity contribution in [1.82, 2.24) is 9.97 Å². The van der Waals surface area contributed by atoms with Crippen molar-refractivity contribution in [2.24, 2.45) is 11.8 Å². The number of rotatable bonds is 8. The van der Waals surface area contributed by atoms with Gasteiger partial charge in [0.25, 0.3) is 0 Å². The number of carbonyl (C=O) groups is 2. The summed E-state index contributed by atoms with van der Waals surface area (Å²) in [6.45, 7) is 5.93. The Morgan fingerprint density at radius 3 is 2.37 bits per heavy atom. The molecule has 202 valence electrons. The summed E-state index contributed by atoms with van der Waals surface area (Å²) in [5.74, 6) is -0.267. The van der Waals surface area contributed by atoms with Crippen LogP contribution in [0.4, 0.5) is 17.2 Å². The number of hydrogen-bond acceptors (Lipinski definition) is 7. The molecule has 3 aliphatic heterocycles. The Morgan fingerprint density at radius 2 is 1.68 bits per heavy atom. The second-order valence-corrected chi connectivity index (χ2v) is 10.5. The number of hydrogen-bond donors (Lipinski definition) is 1. The molecule has 0 saturated carbocycles. The summed E-state index contributed by atoms with van der Waals surface area (Å²) in [6.07, 6.45) is 11.5. The topological polar surface area (TPSA) is 99.1 Å². The number of aliphatic carboxylic acids is 1. The van der Waals surface area contributed by atoms with Crippen molar-refractivity contribution in [1.29, 1.82) is 0 Å². The molecule has 0 radical (unpaired) electrons. The molecule has 4 heterocycles. The van der Waals surface area contributed by atoms with Gasteiger partial charge in [-0.2, -0.15) is 0 Å². The molecule has 0 spiro atoms. The van der Waals surface area contributed by atoms with Crippen LogP contribution in [0, 0.1) is 11.8 Å². The lowest BCUT2D eigenvalue weighted by Gasteiger charge is -2.37. The average Bonchev–Trinajstić information content (AvgIpc) is 3.51. The van der Waals surface area contributed by atoms with Crippen LogP contribution in [0.15, 0.2) is 42.7 Å². The Labute approximate surface area is 224 Å². The Balaban J connectivity index is 1.28. The smallest absolute Gasteiger partial charge is 0.328 e. The van der Waals surface area contributed by atoms with Crippen molar-refractivity contribution in [3.8, 4) is 0 Å². The molecule has 1 aromatic heterocycles. The van der Waals surface area contributed by atoms with Gasteiger partial charge in [0, 0.05) is 69.3 Å². The third-order valence-corrected chi connectivity index (χ3v) is 7.87. The normalized spacial score (nSPS) is 19.3. The van der Waals surface area contributed by atoms with Gasteiger partial charge in [0.15, 0.2) is 5.82 Å². The molecule has 0 bridgehead atoms. The van der Waals surface area contributed by atoms with E-state index in [0.717, 1.165) is 45.1 Å². The molecule has 3 aliphatic rings. The summed E-state index contributed by atoms with van der Waals surface area (Å²) in [5, 5.41) is 8.98. The molecule has 3 saturated heterocycles. The number of aromatic nitrogens is 2. The van der Waals surface area contributed by atoms with Gasteiger partial charge >= 0.3 is 5.97 Å². The Hall–Kier alpha value is -3.46. The maximum atomic E-state index is 13.7. The second-order valence-electron chi connectivity index (χ2n) is 10.5. The Bertz CT molecular complexity index is 1140. The highest BCUT2D eigenvalue weighted by atomic mass is 16.5. The first-order chi connectivity index (χ1) is 18.6. The third kappa shape index (κ3) is 6.51. The summed E-state index contributed by atoms with van der Waals surface area (Å²) < 4.78 is 5.48. The predicted octanol–water partition coefficient (Wildman–Crippen LogP) is 3.85. The van der Waals surface area contributed by atoms with E-state index in [4.69, 9.17) is 9.84 Å². The molecule has 38 heavy (non-hydrogen) atoms. The van der Waals surface area contributed by atoms with E-state index in [2.05, 4.69) is 44.0 Å². The number of carboxylic acids is 1. The lowest BCUT2D eigenvalue weighted by atomic mass is 9.93. The SMILES string of the molecule is O=C(O)C=Cc1cncc(N(CC2CCN(c3cccc(N4CCCC4)c3)CC2)C(=O)C2CCOCC2)n1. The van der Waals surface area contributed by atoms with Crippen LogP contribution in [0.5, 0.6) is 0 Å². The van der Waals surface area contributed by atoms with Crippen molar-refractivity contribution in [2.75, 3.05) is 60.6 Å². The predicted molar refractivity (Wildman–Crippen MR) is 147 cm³/mol. The average molecular weight is 520 g/mol. The van der Waals surface area contributed by atoms with E-state index in [1.807, 2.05) is 0 Å². The lowest BCUT2D eigenvalue weighted by Crippen LogP contribution is -2.44. The van der Waals surface area contributed by atoms with E-state index in [0.29, 0.717) is 50.0 Å². The highest BCUT2D eigenvalue weighted by molar-refractivity contribution is 5.94. The van der Waals surface area contributed by atoms with Crippen LogP contribution >= 0.6 is 0 Å². The van der Waals surface area contributed by atoms with E-state index in [9.17, 15) is 9.59 Å². The van der Waals surface area contributed by atoms with Crippen LogP contribution < -0.4 is 14.7 Å². The van der Waals surface area contributed by atoms with E-state index < -0.39 is 5.97 Å². The zero-order chi connectivity index (χ0) is 26.3. The molecular weight excluding hydrogens is 482 g/mol. The zero-order valence-corrected chi connectivity index (χ0v) is 21.9. The minimum atomic E-state index is -1.05. The number of benzene rings is 1. The van der Waals surface area contributed by atoms with Gasteiger partial charge in [0.05, 0.1) is 18.1 Å². The molecule has 1 N–H and O–H groups in total. The van der Waals surface area contributed by atoms with Crippen molar-refractivity contribution in [3.05, 3.63) is 48.4 Å². The van der Waals surface area contributed by atoms with E-state index in [1.165, 1.54) is 36.5 Å². The van der Waals surface area contributed by atoms with Gasteiger partial charge in [0.2, 0.25) is 5.91 Å². The highest BCUT2D eigenvalue weighted by Gasteiger charge is 2.31. The maximum absolute atomic E-state index is 13.7. The molecule has 0 unspecified atom stereocenters. The minimum Gasteiger partial charge on any atom is -0.478 e. The Kier molecular flexibility index (Phi) is 8.53. The van der Waals surface area contributed by atoms with Crippen LogP contribution in [0.3, 0.4) is 0 Å². The number of carbonyl (C=O) groups excluding carboxylic acids is 1. The number of piperidine rings is 1. The fourth-order valence-corrected chi connectivity index (χ4v) is 5.69. The van der Waals surface area contributed by atoms with Crippen molar-refractivity contribution >= 4 is 35.1 Å². The fourth-order valence-electron chi connectivity index (χ4n) is 5.69. The van der Waals surface area contributed by atoms with Gasteiger partial charge in [-0.05, 0) is 68.7 Å². The van der Waals surface area contributed by atoms with Gasteiger partial charge < -0.3 is 19.6 Å². The maximum Gasteiger partial charge on any atom is 0.328 e. The fraction of sp³-hybridized carbons (Fsp3) is 0.517. The molecule has 2 aromatic rings. The molecule has 9 nitrogen and oxygen atoms in total. The van der Waals surface area contributed by atoms with Crippen LogP contribution in [-0.2, 0) is 14.3 Å². The largest absolute Gasteiger partial charge is 0.478 e. The Morgan fingerprint density at radius 1 is 1.00 bits per heavy atom. The molecule has 1 amide bonds. The van der Waals surface area contributed by atoms with Gasteiger partial charge in [-0.15, -0.1) is 0 Å². The van der Waals surface area contributed by atoms with Crippen LogP contribution in [0.1, 0.15) is 44.2 Å². The number of carboxylic acid groups (broad SMARTS) is 1. The van der Waals surface area contributed by atoms with Crippen molar-refractivity contribution < 1.29 is 19.4 Å². The second kappa shape index (κ2) is 12.4. The highest BCUT2D eigenvalue weighted by Crippen LogP contribution is 2.30. The molecular formula is C29H37N5O4. The first kappa shape index (κ1) is 26.2. The van der Waals surface area contributed by atoms with Gasteiger partial charge in [-0.1, -0.05) is 6.07 Å². The van der Waals surface area contributed by atoms with E-state index >= 15 is 0 Å². The van der Waals surface area contributed by atoms with Crippen LogP contribution in [0.25, 0.3) is 6.08 Å². The van der Waals surface area contributed by atoms with Crippen LogP contribution in [0.2, 0.25) is 0 Å². The number of ether oxygens (including phenoxy) is 1. The van der Waals surface area contributed by atoms with E-state index in [-0.39, 0.29) is 11.8 Å². The molecule has 0 aliphatic carbocycles. The summed E-state index contributed by atoms with van der Waals surface area (Å²) in [6, 6.07) is 8.89. The summed E-state index contributed by atoms with van der Waals surface area (Å²) >= 11 is 0. The third-order valence-electron chi connectivity index (χ3n) is 7.87. The quantitative estimate of drug-likeness (QED) is 0.525. The standard InChI is InChI=1S/C29H37N5O4/c35-28(36)7-6-24-19-30-20-27(31-24)34(29(37)23-10-16-38-17-11-23)21-22-8-14-33(15-9-22)26-5-3-4-25(18-26)32-12-1-2-13-32/h3-7,18-20,22-23H,1-2,8-17,21H2,(H,35,36). The molecule has 3 fully saturated rings. The minimum absolute atomic E-state index is 0.0581. The number of anilines is 3. The summed E-state index contributed by atoms with van der Waals surface area (Å²) in [4.78, 5) is 40.2. The molecule has 0 atom stereocenters. The van der Waals surface area contributed by atoms with Gasteiger partial charge in [-0.25, -0.2) is 9.78 Å². The van der Waals surface area contributed by atoms with Crippen molar-refractivity contribution in [2.45, 2.75) is 38.5 Å². The number of amides is 1. The van der Waals surface area contributed by atoms with Gasteiger partial charge in [0.1, 0.15) is 0 Å². The van der Waals surface area contributed by atoms with Gasteiger partial charge in [-0.3, -0.25) is 14.7 Å². The first-order valence-electron chi connectivity index (χ1n) is 13.8. The lowest BCUT2D eigenvalue weighted by molar-refractivity contribution is -0.131. The molecule has 5 rings (SSSR count). The monoisotopic (exact) mass is 519 g/mol. The first-order valence-corrected chi connectivity index (χ1v) is 13.8.